The molecule has 0 amide bonds. The largest absolute Gasteiger partial charge is 0.321 e. The van der Waals surface area contributed by atoms with Crippen molar-refractivity contribution < 1.29 is 0 Å². The Morgan fingerprint density at radius 2 is 2.25 bits per heavy atom. The van der Waals surface area contributed by atoms with E-state index in [4.69, 9.17) is 11.6 Å². The summed E-state index contributed by atoms with van der Waals surface area (Å²) in [5, 5.41) is 6.38. The van der Waals surface area contributed by atoms with Crippen LogP contribution >= 0.6 is 23.4 Å². The van der Waals surface area contributed by atoms with Crippen molar-refractivity contribution >= 4 is 29.1 Å². The van der Waals surface area contributed by atoms with Crippen LogP contribution in [0.25, 0.3) is 0 Å². The van der Waals surface area contributed by atoms with E-state index in [1.54, 1.807) is 11.8 Å². The third kappa shape index (κ3) is 2.03. The predicted octanol–water partition coefficient (Wildman–Crippen LogP) is 3.38. The summed E-state index contributed by atoms with van der Waals surface area (Å²) >= 11 is 8.19. The monoisotopic (exact) mass is 305 g/mol. The highest BCUT2D eigenvalue weighted by molar-refractivity contribution is 8.03. The number of rotatable bonds is 1. The van der Waals surface area contributed by atoms with Crippen molar-refractivity contribution in [3.8, 4) is 0 Å². The van der Waals surface area contributed by atoms with Crippen molar-refractivity contribution in [2.24, 2.45) is 0 Å². The van der Waals surface area contributed by atoms with Gasteiger partial charge in [-0.25, -0.2) is 0 Å². The lowest BCUT2D eigenvalue weighted by Gasteiger charge is -2.27. The van der Waals surface area contributed by atoms with Crippen LogP contribution in [0.5, 0.6) is 0 Å². The fraction of sp³-hybridized carbons (Fsp3) is 0.333. The maximum Gasteiger partial charge on any atom is 0.163 e. The molecule has 104 valence electrons. The summed E-state index contributed by atoms with van der Waals surface area (Å²) in [7, 11) is 0. The molecule has 3 aliphatic heterocycles. The fourth-order valence-corrected chi connectivity index (χ4v) is 4.30. The number of thioether (sulfide) groups is 1. The van der Waals surface area contributed by atoms with Gasteiger partial charge >= 0.3 is 0 Å². The Kier molecular flexibility index (Phi) is 3.17. The minimum Gasteiger partial charge on any atom is -0.321 e. The number of nitrogens with zero attached hydrogens (tertiary/aromatic N) is 2. The van der Waals surface area contributed by atoms with E-state index in [-0.39, 0.29) is 5.50 Å². The smallest absolute Gasteiger partial charge is 0.163 e. The molecule has 1 atom stereocenters. The molecular weight excluding hydrogens is 290 g/mol. The number of aryl methyl sites for hydroxylation is 1. The number of halogens is 1. The third-order valence-corrected chi connectivity index (χ3v) is 5.23. The highest BCUT2D eigenvalue weighted by Crippen LogP contribution is 2.41. The molecule has 0 saturated heterocycles. The quantitative estimate of drug-likeness (QED) is 0.801. The molecule has 1 unspecified atom stereocenters. The van der Waals surface area contributed by atoms with E-state index in [9.17, 15) is 0 Å². The molecule has 0 aromatic heterocycles. The molecule has 5 heteroatoms. The van der Waals surface area contributed by atoms with Crippen LogP contribution in [0.1, 0.15) is 17.5 Å². The zero-order valence-electron chi connectivity index (χ0n) is 11.1. The molecule has 0 saturated carbocycles. The summed E-state index contributed by atoms with van der Waals surface area (Å²) < 4.78 is 0. The average molecular weight is 306 g/mol. The summed E-state index contributed by atoms with van der Waals surface area (Å²) in [6, 6.07) is 6.74. The molecule has 20 heavy (non-hydrogen) atoms. The van der Waals surface area contributed by atoms with Crippen molar-refractivity contribution in [3.63, 3.8) is 0 Å². The first-order valence-electron chi connectivity index (χ1n) is 6.91. The van der Waals surface area contributed by atoms with Crippen LogP contribution in [0, 0.1) is 0 Å². The summed E-state index contributed by atoms with van der Waals surface area (Å²) in [6.07, 6.45) is 6.44. The lowest BCUT2D eigenvalue weighted by molar-refractivity contribution is 0.520. The van der Waals surface area contributed by atoms with Gasteiger partial charge in [0.25, 0.3) is 0 Å². The van der Waals surface area contributed by atoms with Crippen molar-refractivity contribution in [1.29, 1.82) is 0 Å². The molecule has 0 radical (unpaired) electrons. The minimum absolute atomic E-state index is 0.235. The maximum absolute atomic E-state index is 6.41. The molecular formula is C15H16ClN3S. The first kappa shape index (κ1) is 12.6. The standard InChI is InChI=1S/C15H16ClN3S/c16-14-10-18-6-7-20-15(18)19(14)13-4-3-11-2-1-5-17-9-12(11)8-13/h3-4,6-8,10,15,17H,1-2,5,9H2. The molecule has 4 rings (SSSR count). The number of hydrogen-bond acceptors (Lipinski definition) is 4. The Hall–Kier alpha value is -1.10. The van der Waals surface area contributed by atoms with Gasteiger partial charge in [0.05, 0.1) is 0 Å². The van der Waals surface area contributed by atoms with Crippen molar-refractivity contribution in [3.05, 3.63) is 52.3 Å². The third-order valence-electron chi connectivity index (χ3n) is 3.98. The van der Waals surface area contributed by atoms with Gasteiger partial charge in [-0.3, -0.25) is 0 Å². The summed E-state index contributed by atoms with van der Waals surface area (Å²) in [5.41, 5.74) is 4.28. The van der Waals surface area contributed by atoms with Gasteiger partial charge < -0.3 is 15.1 Å². The van der Waals surface area contributed by atoms with Gasteiger partial charge in [-0.05, 0) is 48.1 Å². The van der Waals surface area contributed by atoms with E-state index >= 15 is 0 Å². The SMILES string of the molecule is ClC1=CN2C=CSC2N1c1ccc2c(c1)CNCCC2. The molecule has 0 aliphatic carbocycles. The second-order valence-electron chi connectivity index (χ2n) is 5.25. The Morgan fingerprint density at radius 3 is 3.20 bits per heavy atom. The number of hydrogen-bond donors (Lipinski definition) is 1. The zero-order valence-corrected chi connectivity index (χ0v) is 12.6. The number of benzene rings is 1. The molecule has 3 aliphatic rings. The van der Waals surface area contributed by atoms with Crippen LogP contribution in [-0.2, 0) is 13.0 Å². The summed E-state index contributed by atoms with van der Waals surface area (Å²) in [5.74, 6) is 0. The Labute approximate surface area is 128 Å². The Bertz CT molecular complexity index is 599. The predicted molar refractivity (Wildman–Crippen MR) is 85.2 cm³/mol. The zero-order chi connectivity index (χ0) is 13.5. The molecule has 0 spiro atoms. The lowest BCUT2D eigenvalue weighted by Crippen LogP contribution is -2.31. The van der Waals surface area contributed by atoms with Crippen LogP contribution < -0.4 is 10.2 Å². The second-order valence-corrected chi connectivity index (χ2v) is 6.60. The number of anilines is 1. The second kappa shape index (κ2) is 5.02. The molecule has 1 N–H and O–H groups in total. The lowest BCUT2D eigenvalue weighted by atomic mass is 10.0. The number of fused-ring (bicyclic) bond motifs is 2. The molecule has 0 bridgehead atoms. The Balaban J connectivity index is 1.69. The first-order chi connectivity index (χ1) is 9.83. The topological polar surface area (TPSA) is 18.5 Å². The van der Waals surface area contributed by atoms with Crippen molar-refractivity contribution in [2.45, 2.75) is 24.9 Å². The van der Waals surface area contributed by atoms with Crippen LogP contribution in [-0.4, -0.2) is 16.9 Å². The van der Waals surface area contributed by atoms with E-state index in [0.717, 1.165) is 24.7 Å². The highest BCUT2D eigenvalue weighted by atomic mass is 35.5. The molecule has 3 nitrogen and oxygen atoms in total. The minimum atomic E-state index is 0.235. The molecule has 1 aromatic carbocycles. The maximum atomic E-state index is 6.41. The normalized spacial score (nSPS) is 24.4. The fourth-order valence-electron chi connectivity index (χ4n) is 2.96. The van der Waals surface area contributed by atoms with Crippen molar-refractivity contribution in [2.75, 3.05) is 11.4 Å². The van der Waals surface area contributed by atoms with Gasteiger partial charge in [-0.1, -0.05) is 29.4 Å². The molecule has 1 aromatic rings. The van der Waals surface area contributed by atoms with Gasteiger partial charge in [-0.2, -0.15) is 0 Å². The van der Waals surface area contributed by atoms with Crippen LogP contribution in [0.4, 0.5) is 5.69 Å². The summed E-state index contributed by atoms with van der Waals surface area (Å²) in [4.78, 5) is 4.34. The van der Waals surface area contributed by atoms with E-state index < -0.39 is 0 Å². The van der Waals surface area contributed by atoms with Crippen LogP contribution in [0.2, 0.25) is 0 Å². The summed E-state index contributed by atoms with van der Waals surface area (Å²) in [6.45, 7) is 2.06. The van der Waals surface area contributed by atoms with E-state index in [2.05, 4.69) is 44.9 Å². The van der Waals surface area contributed by atoms with E-state index in [1.165, 1.54) is 23.2 Å². The van der Waals surface area contributed by atoms with Gasteiger partial charge in [0.15, 0.2) is 5.50 Å². The van der Waals surface area contributed by atoms with Gasteiger partial charge in [0.2, 0.25) is 0 Å². The van der Waals surface area contributed by atoms with Gasteiger partial charge in [0, 0.05) is 24.6 Å². The van der Waals surface area contributed by atoms with Crippen molar-refractivity contribution in [1.82, 2.24) is 10.2 Å². The van der Waals surface area contributed by atoms with Crippen LogP contribution in [0.15, 0.2) is 41.2 Å². The van der Waals surface area contributed by atoms with Gasteiger partial charge in [0.1, 0.15) is 5.16 Å². The molecule has 0 fully saturated rings. The first-order valence-corrected chi connectivity index (χ1v) is 8.24. The van der Waals surface area contributed by atoms with Gasteiger partial charge in [-0.15, -0.1) is 0 Å². The highest BCUT2D eigenvalue weighted by Gasteiger charge is 2.34. The molecule has 3 heterocycles. The van der Waals surface area contributed by atoms with Crippen LogP contribution in [0.3, 0.4) is 0 Å². The average Bonchev–Trinajstić information content (AvgIpc) is 2.90. The van der Waals surface area contributed by atoms with E-state index in [0.29, 0.717) is 0 Å². The van der Waals surface area contributed by atoms with E-state index in [1.807, 2.05) is 6.20 Å². The Morgan fingerprint density at radius 1 is 1.30 bits per heavy atom. The number of nitrogens with one attached hydrogen (secondary N) is 1.